The van der Waals surface area contributed by atoms with Crippen LogP contribution in [0.3, 0.4) is 0 Å². The molecule has 0 aromatic heterocycles. The molecule has 1 aromatic rings. The van der Waals surface area contributed by atoms with E-state index in [4.69, 9.17) is 0 Å². The van der Waals surface area contributed by atoms with Crippen LogP contribution in [0.25, 0.3) is 0 Å². The number of halogens is 1. The first-order chi connectivity index (χ1) is 12.1. The third kappa shape index (κ3) is 6.03. The van der Waals surface area contributed by atoms with E-state index in [0.717, 1.165) is 38.3 Å². The Hall–Kier alpha value is -1.56. The number of guanidine groups is 1. The molecule has 1 aliphatic rings. The van der Waals surface area contributed by atoms with Crippen LogP contribution < -0.4 is 10.6 Å². The molecule has 0 spiro atoms. The Kier molecular flexibility index (Phi) is 7.75. The van der Waals surface area contributed by atoms with Gasteiger partial charge < -0.3 is 15.4 Å². The highest BCUT2D eigenvalue weighted by molar-refractivity contribution is 9.10. The Bertz CT molecular complexity index is 600. The van der Waals surface area contributed by atoms with E-state index in [-0.39, 0.29) is 11.4 Å². The zero-order chi connectivity index (χ0) is 18.1. The number of carbonyl (C=O) groups is 1. The highest BCUT2D eigenvalue weighted by Crippen LogP contribution is 2.49. The van der Waals surface area contributed by atoms with Gasteiger partial charge >= 0.3 is 5.97 Å². The van der Waals surface area contributed by atoms with E-state index in [1.165, 1.54) is 30.0 Å². The quantitative estimate of drug-likeness (QED) is 0.284. The monoisotopic (exact) mass is 409 g/mol. The number of esters is 1. The minimum atomic E-state index is -0.132. The number of rotatable bonds is 9. The molecule has 2 N–H and O–H groups in total. The Morgan fingerprint density at radius 1 is 1.24 bits per heavy atom. The second-order valence-electron chi connectivity index (χ2n) is 6.50. The van der Waals surface area contributed by atoms with Gasteiger partial charge in [-0.3, -0.25) is 9.79 Å². The van der Waals surface area contributed by atoms with Gasteiger partial charge in [-0.25, -0.2) is 0 Å². The maximum atomic E-state index is 11.1. The van der Waals surface area contributed by atoms with E-state index in [1.807, 2.05) is 0 Å². The molecule has 0 radical (unpaired) electrons. The smallest absolute Gasteiger partial charge is 0.305 e. The van der Waals surface area contributed by atoms with Crippen LogP contribution in [-0.4, -0.2) is 39.2 Å². The minimum Gasteiger partial charge on any atom is -0.469 e. The average molecular weight is 410 g/mol. The van der Waals surface area contributed by atoms with Crippen molar-refractivity contribution in [2.24, 2.45) is 4.99 Å². The fourth-order valence-corrected chi connectivity index (χ4v) is 3.64. The lowest BCUT2D eigenvalue weighted by atomic mass is 9.96. The van der Waals surface area contributed by atoms with Crippen LogP contribution in [0.5, 0.6) is 0 Å². The number of ether oxygens (including phenoxy) is 1. The summed E-state index contributed by atoms with van der Waals surface area (Å²) in [6.45, 7) is 1.74. The Labute approximate surface area is 158 Å². The molecule has 0 bridgehead atoms. The molecule has 0 atom stereocenters. The number of hydrogen-bond donors (Lipinski definition) is 2. The largest absolute Gasteiger partial charge is 0.469 e. The highest BCUT2D eigenvalue weighted by Gasteiger charge is 2.45. The molecular formula is C19H28BrN3O2. The topological polar surface area (TPSA) is 62.7 Å². The van der Waals surface area contributed by atoms with Crippen LogP contribution >= 0.6 is 15.9 Å². The molecule has 0 amide bonds. The summed E-state index contributed by atoms with van der Waals surface area (Å²) in [7, 11) is 3.23. The molecule has 1 fully saturated rings. The molecule has 1 aromatic carbocycles. The second kappa shape index (κ2) is 9.80. The van der Waals surface area contributed by atoms with E-state index >= 15 is 0 Å². The maximum Gasteiger partial charge on any atom is 0.305 e. The lowest BCUT2D eigenvalue weighted by molar-refractivity contribution is -0.140. The van der Waals surface area contributed by atoms with E-state index in [1.54, 1.807) is 7.05 Å². The highest BCUT2D eigenvalue weighted by atomic mass is 79.9. The van der Waals surface area contributed by atoms with Crippen molar-refractivity contribution >= 4 is 27.9 Å². The summed E-state index contributed by atoms with van der Waals surface area (Å²) in [5.74, 6) is 0.707. The van der Waals surface area contributed by atoms with Gasteiger partial charge in [0.15, 0.2) is 5.96 Å². The zero-order valence-corrected chi connectivity index (χ0v) is 16.7. The first-order valence-corrected chi connectivity index (χ1v) is 9.67. The van der Waals surface area contributed by atoms with Crippen LogP contribution in [0.4, 0.5) is 0 Å². The molecule has 25 heavy (non-hydrogen) atoms. The van der Waals surface area contributed by atoms with Crippen molar-refractivity contribution in [3.8, 4) is 0 Å². The fourth-order valence-electron chi connectivity index (χ4n) is 2.94. The molecule has 2 rings (SSSR count). The zero-order valence-electron chi connectivity index (χ0n) is 15.1. The van der Waals surface area contributed by atoms with E-state index < -0.39 is 0 Å². The summed E-state index contributed by atoms with van der Waals surface area (Å²) < 4.78 is 5.82. The lowest BCUT2D eigenvalue weighted by Gasteiger charge is -2.20. The van der Waals surface area contributed by atoms with Crippen LogP contribution in [-0.2, 0) is 14.9 Å². The summed E-state index contributed by atoms with van der Waals surface area (Å²) in [6.07, 6.45) is 5.77. The number of methoxy groups -OCH3 is 1. The van der Waals surface area contributed by atoms with Gasteiger partial charge in [0.05, 0.1) is 7.11 Å². The Morgan fingerprint density at radius 3 is 2.64 bits per heavy atom. The number of carbonyl (C=O) groups excluding carboxylic acids is 1. The van der Waals surface area contributed by atoms with Crippen molar-refractivity contribution in [2.45, 2.75) is 43.9 Å². The third-order valence-corrected chi connectivity index (χ3v) is 5.39. The molecule has 6 heteroatoms. The van der Waals surface area contributed by atoms with Gasteiger partial charge in [-0.2, -0.15) is 0 Å². The van der Waals surface area contributed by atoms with Gasteiger partial charge in [0.1, 0.15) is 0 Å². The standard InChI is InChI=1S/C19H28BrN3O2/c1-21-18(22-13-7-3-4-10-17(24)25-2)23-14-19(11-12-19)15-8-5-6-9-16(15)20/h5-6,8-9H,3-4,7,10-14H2,1-2H3,(H2,21,22,23). The van der Waals surface area contributed by atoms with Gasteiger partial charge in [-0.05, 0) is 37.3 Å². The van der Waals surface area contributed by atoms with Crippen LogP contribution in [0.1, 0.15) is 44.1 Å². The predicted molar refractivity (Wildman–Crippen MR) is 105 cm³/mol. The number of nitrogens with zero attached hydrogens (tertiary/aromatic N) is 1. The molecule has 5 nitrogen and oxygen atoms in total. The van der Waals surface area contributed by atoms with Crippen molar-refractivity contribution in [3.05, 3.63) is 34.3 Å². The fraction of sp³-hybridized carbons (Fsp3) is 0.579. The molecular weight excluding hydrogens is 382 g/mol. The third-order valence-electron chi connectivity index (χ3n) is 4.69. The molecule has 1 saturated carbocycles. The van der Waals surface area contributed by atoms with Crippen molar-refractivity contribution in [1.29, 1.82) is 0 Å². The molecule has 0 heterocycles. The summed E-state index contributed by atoms with van der Waals surface area (Å²) in [5.41, 5.74) is 1.60. The Balaban J connectivity index is 1.69. The summed E-state index contributed by atoms with van der Waals surface area (Å²) in [6, 6.07) is 8.46. The van der Waals surface area contributed by atoms with Gasteiger partial charge in [-0.1, -0.05) is 40.5 Å². The van der Waals surface area contributed by atoms with Crippen LogP contribution in [0, 0.1) is 0 Å². The summed E-state index contributed by atoms with van der Waals surface area (Å²) in [5, 5.41) is 6.81. The van der Waals surface area contributed by atoms with Gasteiger partial charge in [-0.15, -0.1) is 0 Å². The Morgan fingerprint density at radius 2 is 2.00 bits per heavy atom. The lowest BCUT2D eigenvalue weighted by Crippen LogP contribution is -2.41. The first-order valence-electron chi connectivity index (χ1n) is 8.87. The molecule has 0 saturated heterocycles. The number of aliphatic imine (C=N–C) groups is 1. The van der Waals surface area contributed by atoms with Crippen molar-refractivity contribution < 1.29 is 9.53 Å². The number of hydrogen-bond acceptors (Lipinski definition) is 3. The second-order valence-corrected chi connectivity index (χ2v) is 7.35. The average Bonchev–Trinajstić information content (AvgIpc) is 3.41. The molecule has 1 aliphatic carbocycles. The van der Waals surface area contributed by atoms with Crippen molar-refractivity contribution in [1.82, 2.24) is 10.6 Å². The summed E-state index contributed by atoms with van der Waals surface area (Å²) in [4.78, 5) is 15.4. The van der Waals surface area contributed by atoms with Crippen LogP contribution in [0.2, 0.25) is 0 Å². The molecule has 138 valence electrons. The summed E-state index contributed by atoms with van der Waals surface area (Å²) >= 11 is 3.67. The molecule has 0 aliphatic heterocycles. The SMILES string of the molecule is CN=C(NCCCCCC(=O)OC)NCC1(c2ccccc2Br)CC1. The molecule has 0 unspecified atom stereocenters. The van der Waals surface area contributed by atoms with E-state index in [0.29, 0.717) is 6.42 Å². The van der Waals surface area contributed by atoms with E-state index in [9.17, 15) is 4.79 Å². The van der Waals surface area contributed by atoms with Crippen molar-refractivity contribution in [3.63, 3.8) is 0 Å². The van der Waals surface area contributed by atoms with Gasteiger partial charge in [0, 0.05) is 36.4 Å². The first kappa shape index (κ1) is 19.8. The number of unbranched alkanes of at least 4 members (excludes halogenated alkanes) is 2. The number of nitrogens with one attached hydrogen (secondary N) is 2. The minimum absolute atomic E-state index is 0.132. The van der Waals surface area contributed by atoms with E-state index in [2.05, 4.69) is 60.6 Å². The number of benzene rings is 1. The maximum absolute atomic E-state index is 11.1. The van der Waals surface area contributed by atoms with Crippen LogP contribution in [0.15, 0.2) is 33.7 Å². The van der Waals surface area contributed by atoms with Gasteiger partial charge in [0.25, 0.3) is 0 Å². The van der Waals surface area contributed by atoms with Gasteiger partial charge in [0.2, 0.25) is 0 Å². The normalized spacial score (nSPS) is 15.6. The van der Waals surface area contributed by atoms with Crippen molar-refractivity contribution in [2.75, 3.05) is 27.2 Å². The predicted octanol–water partition coefficient (Wildman–Crippen LogP) is 3.38.